The fourth-order valence-corrected chi connectivity index (χ4v) is 3.04. The van der Waals surface area contributed by atoms with Gasteiger partial charge in [0.1, 0.15) is 11.7 Å². The minimum absolute atomic E-state index is 0.0205. The van der Waals surface area contributed by atoms with Crippen LogP contribution in [0.5, 0.6) is 0 Å². The number of hydroxylamine groups is 2. The summed E-state index contributed by atoms with van der Waals surface area (Å²) < 4.78 is 5.89. The fourth-order valence-electron chi connectivity index (χ4n) is 3.04. The summed E-state index contributed by atoms with van der Waals surface area (Å²) in [5.41, 5.74) is 2.53. The molecule has 18 heavy (non-hydrogen) atoms. The van der Waals surface area contributed by atoms with Crippen LogP contribution in [0.2, 0.25) is 0 Å². The lowest BCUT2D eigenvalue weighted by molar-refractivity contribution is -0.215. The number of ether oxygens (including phenoxy) is 1. The van der Waals surface area contributed by atoms with Gasteiger partial charge >= 0.3 is 0 Å². The highest BCUT2D eigenvalue weighted by atomic mass is 16.7. The molecule has 0 saturated carbocycles. The summed E-state index contributed by atoms with van der Waals surface area (Å²) in [6, 6.07) is 0. The van der Waals surface area contributed by atoms with E-state index in [2.05, 4.69) is 12.2 Å². The molecule has 0 aromatic carbocycles. The molecule has 4 heteroatoms. The first kappa shape index (κ1) is 10.4. The van der Waals surface area contributed by atoms with Crippen LogP contribution in [0.25, 0.3) is 0 Å². The molecule has 2 aliphatic heterocycles. The Morgan fingerprint density at radius 3 is 3.28 bits per heavy atom. The van der Waals surface area contributed by atoms with Crippen molar-refractivity contribution in [2.45, 2.75) is 31.9 Å². The lowest BCUT2D eigenvalue weighted by atomic mass is 9.84. The number of hydrogen-bond acceptors (Lipinski definition) is 3. The van der Waals surface area contributed by atoms with E-state index in [0.717, 1.165) is 25.0 Å². The molecule has 0 bridgehead atoms. The largest absolute Gasteiger partial charge is 0.471 e. The topological polar surface area (TPSA) is 38.8 Å². The molecule has 1 amide bonds. The number of allylic oxidation sites excluding steroid dienone is 4. The number of amides is 1. The molecular weight excluding hydrogens is 230 g/mol. The summed E-state index contributed by atoms with van der Waals surface area (Å²) in [7, 11) is 0. The number of fused-ring (bicyclic) bond motifs is 3. The van der Waals surface area contributed by atoms with Gasteiger partial charge in [-0.1, -0.05) is 12.2 Å². The highest BCUT2D eigenvalue weighted by Gasteiger charge is 2.44. The Morgan fingerprint density at radius 1 is 1.39 bits per heavy atom. The Bertz CT molecular complexity index is 503. The van der Waals surface area contributed by atoms with Crippen LogP contribution in [0.3, 0.4) is 0 Å². The first-order valence-electron chi connectivity index (χ1n) is 6.58. The SMILES string of the molecule is O=C1C2C=C3CCCC=C3C=C2OC2CCON12. The van der Waals surface area contributed by atoms with Gasteiger partial charge in [-0.3, -0.25) is 9.63 Å². The molecule has 2 saturated heterocycles. The average Bonchev–Trinajstić information content (AvgIpc) is 2.86. The predicted octanol–water partition coefficient (Wildman–Crippen LogP) is 2.06. The Balaban J connectivity index is 1.74. The van der Waals surface area contributed by atoms with Crippen LogP contribution >= 0.6 is 0 Å². The number of rotatable bonds is 0. The van der Waals surface area contributed by atoms with Crippen molar-refractivity contribution in [2.24, 2.45) is 5.92 Å². The minimum Gasteiger partial charge on any atom is -0.471 e. The lowest BCUT2D eigenvalue weighted by Gasteiger charge is -2.36. The Kier molecular flexibility index (Phi) is 2.14. The van der Waals surface area contributed by atoms with Gasteiger partial charge in [0.15, 0.2) is 0 Å². The van der Waals surface area contributed by atoms with Crippen molar-refractivity contribution in [3.8, 4) is 0 Å². The van der Waals surface area contributed by atoms with E-state index in [1.807, 2.05) is 6.08 Å². The van der Waals surface area contributed by atoms with Crippen LogP contribution in [-0.4, -0.2) is 23.8 Å². The quantitative estimate of drug-likeness (QED) is 0.655. The third-order valence-corrected chi connectivity index (χ3v) is 3.97. The molecule has 4 nitrogen and oxygen atoms in total. The van der Waals surface area contributed by atoms with E-state index < -0.39 is 0 Å². The average molecular weight is 245 g/mol. The molecule has 4 aliphatic rings. The van der Waals surface area contributed by atoms with Crippen molar-refractivity contribution in [2.75, 3.05) is 6.61 Å². The smallest absolute Gasteiger partial charge is 0.264 e. The standard InChI is InChI=1S/C14H15NO3/c16-14-11-7-9-3-1-2-4-10(9)8-12(11)18-13-5-6-17-15(13)14/h4,7-8,11,13H,1-3,5-6H2. The van der Waals surface area contributed by atoms with Crippen LogP contribution in [0.15, 0.2) is 35.1 Å². The van der Waals surface area contributed by atoms with Gasteiger partial charge in [0, 0.05) is 6.42 Å². The van der Waals surface area contributed by atoms with Crippen molar-refractivity contribution in [1.29, 1.82) is 0 Å². The van der Waals surface area contributed by atoms with E-state index in [1.165, 1.54) is 22.6 Å². The zero-order valence-electron chi connectivity index (χ0n) is 10.1. The van der Waals surface area contributed by atoms with E-state index in [0.29, 0.717) is 6.61 Å². The molecule has 0 radical (unpaired) electrons. The van der Waals surface area contributed by atoms with E-state index in [-0.39, 0.29) is 18.1 Å². The van der Waals surface area contributed by atoms with Gasteiger partial charge in [-0.2, -0.15) is 5.06 Å². The molecule has 2 aliphatic carbocycles. The summed E-state index contributed by atoms with van der Waals surface area (Å²) in [6.07, 6.45) is 10.2. The molecule has 0 aromatic heterocycles. The predicted molar refractivity (Wildman–Crippen MR) is 63.9 cm³/mol. The molecule has 0 N–H and O–H groups in total. The molecule has 94 valence electrons. The molecule has 2 heterocycles. The van der Waals surface area contributed by atoms with Crippen LogP contribution in [-0.2, 0) is 14.4 Å². The Hall–Kier alpha value is -1.55. The summed E-state index contributed by atoms with van der Waals surface area (Å²) in [6.45, 7) is 0.565. The zero-order valence-corrected chi connectivity index (χ0v) is 10.1. The van der Waals surface area contributed by atoms with Gasteiger partial charge < -0.3 is 4.74 Å². The third-order valence-electron chi connectivity index (χ3n) is 3.97. The second kappa shape index (κ2) is 3.72. The maximum Gasteiger partial charge on any atom is 0.264 e. The van der Waals surface area contributed by atoms with Crippen molar-refractivity contribution in [3.63, 3.8) is 0 Å². The molecule has 0 aromatic rings. The lowest BCUT2D eigenvalue weighted by Crippen LogP contribution is -2.46. The van der Waals surface area contributed by atoms with Crippen molar-refractivity contribution >= 4 is 5.91 Å². The van der Waals surface area contributed by atoms with E-state index in [9.17, 15) is 4.79 Å². The molecule has 0 spiro atoms. The van der Waals surface area contributed by atoms with Gasteiger partial charge in [0.25, 0.3) is 5.91 Å². The van der Waals surface area contributed by atoms with E-state index in [4.69, 9.17) is 9.57 Å². The highest BCUT2D eigenvalue weighted by Crippen LogP contribution is 2.39. The first-order chi connectivity index (χ1) is 8.83. The third kappa shape index (κ3) is 1.38. The summed E-state index contributed by atoms with van der Waals surface area (Å²) in [4.78, 5) is 17.7. The second-order valence-electron chi connectivity index (χ2n) is 5.13. The molecule has 2 atom stereocenters. The maximum absolute atomic E-state index is 12.3. The number of carbonyl (C=O) groups is 1. The van der Waals surface area contributed by atoms with E-state index in [1.54, 1.807) is 0 Å². The van der Waals surface area contributed by atoms with Crippen molar-refractivity contribution < 1.29 is 14.4 Å². The van der Waals surface area contributed by atoms with Gasteiger partial charge in [0.05, 0.1) is 6.61 Å². The van der Waals surface area contributed by atoms with Crippen LogP contribution in [0, 0.1) is 5.92 Å². The number of nitrogens with zero attached hydrogens (tertiary/aromatic N) is 1. The molecule has 4 rings (SSSR count). The first-order valence-corrected chi connectivity index (χ1v) is 6.58. The number of hydrogen-bond donors (Lipinski definition) is 0. The fraction of sp³-hybridized carbons (Fsp3) is 0.500. The van der Waals surface area contributed by atoms with Crippen molar-refractivity contribution in [3.05, 3.63) is 35.1 Å². The summed E-state index contributed by atoms with van der Waals surface area (Å²) in [5.74, 6) is 0.542. The molecule has 2 fully saturated rings. The van der Waals surface area contributed by atoms with Gasteiger partial charge in [0.2, 0.25) is 6.23 Å². The van der Waals surface area contributed by atoms with E-state index >= 15 is 0 Å². The Morgan fingerprint density at radius 2 is 2.33 bits per heavy atom. The monoisotopic (exact) mass is 245 g/mol. The van der Waals surface area contributed by atoms with Gasteiger partial charge in [-0.25, -0.2) is 0 Å². The van der Waals surface area contributed by atoms with Crippen LogP contribution < -0.4 is 0 Å². The van der Waals surface area contributed by atoms with Gasteiger partial charge in [-0.05, 0) is 36.5 Å². The maximum atomic E-state index is 12.3. The van der Waals surface area contributed by atoms with Crippen LogP contribution in [0.1, 0.15) is 25.7 Å². The molecule has 2 unspecified atom stereocenters. The highest BCUT2D eigenvalue weighted by molar-refractivity contribution is 5.85. The molecular formula is C14H15NO3. The zero-order chi connectivity index (χ0) is 12.1. The van der Waals surface area contributed by atoms with Gasteiger partial charge in [-0.15, -0.1) is 0 Å². The summed E-state index contributed by atoms with van der Waals surface area (Å²) >= 11 is 0. The minimum atomic E-state index is -0.274. The second-order valence-corrected chi connectivity index (χ2v) is 5.13. The number of carbonyl (C=O) groups excluding carboxylic acids is 1. The normalized spacial score (nSPS) is 33.7. The Labute approximate surface area is 105 Å². The van der Waals surface area contributed by atoms with Crippen molar-refractivity contribution in [1.82, 2.24) is 5.06 Å². The summed E-state index contributed by atoms with van der Waals surface area (Å²) in [5, 5.41) is 1.41. The van der Waals surface area contributed by atoms with Crippen LogP contribution in [0.4, 0.5) is 0 Å².